The molecular weight excluding hydrogens is 374 g/mol. The first-order valence-electron chi connectivity index (χ1n) is 9.76. The third-order valence-electron chi connectivity index (χ3n) is 5.40. The van der Waals surface area contributed by atoms with E-state index in [1.807, 2.05) is 30.3 Å². The molecule has 150 valence electrons. The number of hydrogen-bond donors (Lipinski definition) is 3. The van der Waals surface area contributed by atoms with E-state index in [0.717, 1.165) is 12.0 Å². The van der Waals surface area contributed by atoms with E-state index < -0.39 is 0 Å². The molecule has 8 heteroatoms. The summed E-state index contributed by atoms with van der Waals surface area (Å²) in [4.78, 5) is 16.4. The van der Waals surface area contributed by atoms with Gasteiger partial charge in [0.1, 0.15) is 0 Å². The van der Waals surface area contributed by atoms with Gasteiger partial charge in [-0.1, -0.05) is 62.2 Å². The maximum atomic E-state index is 12.1. The van der Waals surface area contributed by atoms with E-state index in [1.165, 1.54) is 12.8 Å². The van der Waals surface area contributed by atoms with E-state index >= 15 is 0 Å². The summed E-state index contributed by atoms with van der Waals surface area (Å²) in [6.07, 6.45) is 4.15. The Morgan fingerprint density at radius 1 is 1.21 bits per heavy atom. The maximum Gasteiger partial charge on any atom is 0.238 e. The van der Waals surface area contributed by atoms with Crippen LogP contribution in [-0.4, -0.2) is 27.2 Å². The molecule has 1 aliphatic rings. The molecule has 28 heavy (non-hydrogen) atoms. The van der Waals surface area contributed by atoms with Gasteiger partial charge in [0.15, 0.2) is 5.11 Å². The normalized spacial score (nSPS) is 21.7. The summed E-state index contributed by atoms with van der Waals surface area (Å²) in [5.74, 6) is 2.00. The first-order valence-corrected chi connectivity index (χ1v) is 10.2. The van der Waals surface area contributed by atoms with Gasteiger partial charge in [0.25, 0.3) is 0 Å². The number of carbonyl (C=O) groups excluding carboxylic acids is 1. The molecule has 2 aromatic rings. The van der Waals surface area contributed by atoms with Crippen LogP contribution in [0.5, 0.6) is 0 Å². The van der Waals surface area contributed by atoms with E-state index in [0.29, 0.717) is 41.1 Å². The minimum atomic E-state index is -0.186. The first-order chi connectivity index (χ1) is 13.5. The van der Waals surface area contributed by atoms with Gasteiger partial charge in [0.2, 0.25) is 17.6 Å². The molecule has 1 aromatic carbocycles. The molecule has 1 aromatic heterocycles. The van der Waals surface area contributed by atoms with Crippen LogP contribution < -0.4 is 16.2 Å². The molecule has 1 saturated carbocycles. The Morgan fingerprint density at radius 3 is 2.79 bits per heavy atom. The molecule has 0 aliphatic heterocycles. The third-order valence-corrected chi connectivity index (χ3v) is 5.62. The van der Waals surface area contributed by atoms with E-state index in [4.69, 9.17) is 16.7 Å². The quantitative estimate of drug-likeness (QED) is 0.524. The number of hydrogen-bond acceptors (Lipinski definition) is 5. The summed E-state index contributed by atoms with van der Waals surface area (Å²) in [6.45, 7) is 4.52. The molecule has 3 N–H and O–H groups in total. The van der Waals surface area contributed by atoms with Gasteiger partial charge in [-0.3, -0.25) is 15.6 Å². The average molecular weight is 402 g/mol. The van der Waals surface area contributed by atoms with Crippen molar-refractivity contribution in [2.75, 3.05) is 0 Å². The molecule has 0 unspecified atom stereocenters. The Bertz CT molecular complexity index is 795. The largest absolute Gasteiger partial charge is 0.358 e. The van der Waals surface area contributed by atoms with Gasteiger partial charge in [-0.25, -0.2) is 0 Å². The number of benzene rings is 1. The molecule has 1 amide bonds. The summed E-state index contributed by atoms with van der Waals surface area (Å²) >= 11 is 5.30. The Balaban J connectivity index is 1.39. The highest BCUT2D eigenvalue weighted by atomic mass is 32.1. The van der Waals surface area contributed by atoms with Gasteiger partial charge in [-0.05, 0) is 30.5 Å². The van der Waals surface area contributed by atoms with Crippen molar-refractivity contribution in [3.63, 3.8) is 0 Å². The lowest BCUT2D eigenvalue weighted by molar-refractivity contribution is -0.121. The topological polar surface area (TPSA) is 92.1 Å². The maximum absolute atomic E-state index is 12.1. The zero-order valence-corrected chi connectivity index (χ0v) is 17.1. The van der Waals surface area contributed by atoms with Crippen molar-refractivity contribution in [3.05, 3.63) is 36.2 Å². The highest BCUT2D eigenvalue weighted by Gasteiger charge is 2.27. The highest BCUT2D eigenvalue weighted by molar-refractivity contribution is 7.80. The van der Waals surface area contributed by atoms with Crippen LogP contribution in [-0.2, 0) is 11.2 Å². The fourth-order valence-electron chi connectivity index (χ4n) is 3.46. The zero-order valence-electron chi connectivity index (χ0n) is 16.3. The monoisotopic (exact) mass is 401 g/mol. The number of nitrogens with one attached hydrogen (secondary N) is 3. The number of amides is 1. The van der Waals surface area contributed by atoms with Crippen LogP contribution in [0, 0.1) is 11.8 Å². The van der Waals surface area contributed by atoms with Crippen molar-refractivity contribution >= 4 is 23.2 Å². The smallest absolute Gasteiger partial charge is 0.238 e. The van der Waals surface area contributed by atoms with Crippen molar-refractivity contribution < 1.29 is 9.32 Å². The number of aromatic nitrogens is 2. The molecule has 1 aliphatic carbocycles. The van der Waals surface area contributed by atoms with Crippen LogP contribution >= 0.6 is 12.2 Å². The van der Waals surface area contributed by atoms with Gasteiger partial charge in [-0.2, -0.15) is 4.98 Å². The minimum absolute atomic E-state index is 0.186. The average Bonchev–Trinajstić information content (AvgIpc) is 3.18. The number of hydrazine groups is 1. The number of carbonyl (C=O) groups is 1. The summed E-state index contributed by atoms with van der Waals surface area (Å²) in [6, 6.07) is 9.92. The molecule has 7 nitrogen and oxygen atoms in total. The molecule has 3 atom stereocenters. The Labute approximate surface area is 170 Å². The first kappa shape index (κ1) is 20.3. The molecular formula is C20H27N5O2S. The van der Waals surface area contributed by atoms with Crippen LogP contribution in [0.3, 0.4) is 0 Å². The molecule has 1 heterocycles. The predicted molar refractivity (Wildman–Crippen MR) is 111 cm³/mol. The lowest BCUT2D eigenvalue weighted by Gasteiger charge is -2.35. The predicted octanol–water partition coefficient (Wildman–Crippen LogP) is 2.99. The van der Waals surface area contributed by atoms with Crippen molar-refractivity contribution in [1.29, 1.82) is 0 Å². The second-order valence-electron chi connectivity index (χ2n) is 7.40. The Hall–Kier alpha value is -2.48. The lowest BCUT2D eigenvalue weighted by Crippen LogP contribution is -2.52. The van der Waals surface area contributed by atoms with Crippen molar-refractivity contribution in [2.45, 2.75) is 52.0 Å². The van der Waals surface area contributed by atoms with E-state index in [1.54, 1.807) is 0 Å². The summed E-state index contributed by atoms with van der Waals surface area (Å²) < 4.78 is 5.22. The van der Waals surface area contributed by atoms with E-state index in [-0.39, 0.29) is 12.3 Å². The molecule has 0 spiro atoms. The second kappa shape index (κ2) is 9.64. The molecule has 0 bridgehead atoms. The minimum Gasteiger partial charge on any atom is -0.358 e. The van der Waals surface area contributed by atoms with Crippen molar-refractivity contribution in [1.82, 2.24) is 26.3 Å². The standard InChI is InChI=1S/C20H27N5O2S/c1-13-7-6-10-16(14(13)2)21-20(28)24-23-17(26)11-12-18-22-19(25-27-18)15-8-4-3-5-9-15/h3-5,8-9,13-14,16H,6-7,10-12H2,1-2H3,(H,23,26)(H2,21,24,28)/t13-,14-,16+/m1/s1. The van der Waals surface area contributed by atoms with Gasteiger partial charge in [0.05, 0.1) is 0 Å². The summed E-state index contributed by atoms with van der Waals surface area (Å²) in [7, 11) is 0. The Morgan fingerprint density at radius 2 is 2.00 bits per heavy atom. The Kier molecular flexibility index (Phi) is 6.97. The molecule has 0 saturated heterocycles. The van der Waals surface area contributed by atoms with E-state index in [9.17, 15) is 4.79 Å². The summed E-state index contributed by atoms with van der Waals surface area (Å²) in [5, 5.41) is 7.71. The SMILES string of the molecule is C[C@@H]1[C@H](C)CCC[C@@H]1NC(=S)NNC(=O)CCc1nc(-c2ccccc2)no1. The zero-order chi connectivity index (χ0) is 19.9. The van der Waals surface area contributed by atoms with Crippen molar-refractivity contribution in [3.8, 4) is 11.4 Å². The number of rotatable bonds is 5. The van der Waals surface area contributed by atoms with Crippen molar-refractivity contribution in [2.24, 2.45) is 11.8 Å². The lowest BCUT2D eigenvalue weighted by atomic mass is 9.78. The second-order valence-corrected chi connectivity index (χ2v) is 7.81. The van der Waals surface area contributed by atoms with Gasteiger partial charge >= 0.3 is 0 Å². The van der Waals surface area contributed by atoms with Crippen LogP contribution in [0.2, 0.25) is 0 Å². The molecule has 0 radical (unpaired) electrons. The number of aryl methyl sites for hydroxylation is 1. The van der Waals surface area contributed by atoms with Crippen LogP contribution in [0.25, 0.3) is 11.4 Å². The fourth-order valence-corrected chi connectivity index (χ4v) is 3.66. The number of nitrogens with zero attached hydrogens (tertiary/aromatic N) is 2. The van der Waals surface area contributed by atoms with Gasteiger partial charge in [-0.15, -0.1) is 0 Å². The molecule has 3 rings (SSSR count). The number of thiocarbonyl (C=S) groups is 1. The summed E-state index contributed by atoms with van der Waals surface area (Å²) in [5.41, 5.74) is 6.29. The van der Waals surface area contributed by atoms with Crippen LogP contribution in [0.4, 0.5) is 0 Å². The highest BCUT2D eigenvalue weighted by Crippen LogP contribution is 2.29. The van der Waals surface area contributed by atoms with Crippen LogP contribution in [0.1, 0.15) is 45.4 Å². The fraction of sp³-hybridized carbons (Fsp3) is 0.500. The molecule has 1 fully saturated rings. The van der Waals surface area contributed by atoms with Crippen LogP contribution in [0.15, 0.2) is 34.9 Å². The van der Waals surface area contributed by atoms with Gasteiger partial charge < -0.3 is 9.84 Å². The van der Waals surface area contributed by atoms with E-state index in [2.05, 4.69) is 40.2 Å². The third kappa shape index (κ3) is 5.51. The van der Waals surface area contributed by atoms with Gasteiger partial charge in [0, 0.05) is 24.4 Å².